The molecule has 1 aliphatic heterocycles. The summed E-state index contributed by atoms with van der Waals surface area (Å²) in [5, 5.41) is 0. The number of rotatable bonds is 0. The maximum atomic E-state index is 12.6. The van der Waals surface area contributed by atoms with Crippen LogP contribution in [-0.4, -0.2) is 12.8 Å². The lowest BCUT2D eigenvalue weighted by Gasteiger charge is -2.25. The number of benzene rings is 1. The van der Waals surface area contributed by atoms with Crippen molar-refractivity contribution in [2.24, 2.45) is 5.73 Å². The van der Waals surface area contributed by atoms with Crippen LogP contribution in [0.3, 0.4) is 0 Å². The minimum Gasteiger partial charge on any atom is -0.491 e. The first-order valence-corrected chi connectivity index (χ1v) is 4.03. The van der Waals surface area contributed by atoms with Crippen LogP contribution < -0.4 is 10.5 Å². The van der Waals surface area contributed by atoms with Crippen molar-refractivity contribution >= 4 is 0 Å². The molecule has 0 bridgehead atoms. The summed E-state index contributed by atoms with van der Waals surface area (Å²) in [6.45, 7) is -0.546. The van der Waals surface area contributed by atoms with Gasteiger partial charge in [0.05, 0.1) is 0 Å². The van der Waals surface area contributed by atoms with Crippen molar-refractivity contribution < 1.29 is 17.9 Å². The Kier molecular flexibility index (Phi) is 1.75. The average molecular weight is 203 g/mol. The highest BCUT2D eigenvalue weighted by Crippen LogP contribution is 2.44. The molecule has 1 aromatic rings. The van der Waals surface area contributed by atoms with Crippen LogP contribution in [0.15, 0.2) is 24.3 Å². The molecule has 1 heterocycles. The lowest BCUT2D eigenvalue weighted by atomic mass is 9.93. The summed E-state index contributed by atoms with van der Waals surface area (Å²) < 4.78 is 42.8. The molecule has 2 N–H and O–H groups in total. The lowest BCUT2D eigenvalue weighted by molar-refractivity contribution is -0.191. The van der Waals surface area contributed by atoms with Gasteiger partial charge >= 0.3 is 6.18 Å². The van der Waals surface area contributed by atoms with E-state index in [1.54, 1.807) is 6.07 Å². The Morgan fingerprint density at radius 3 is 2.57 bits per heavy atom. The number of hydrogen-bond acceptors (Lipinski definition) is 2. The average Bonchev–Trinajstić information content (AvgIpc) is 2.45. The topological polar surface area (TPSA) is 35.2 Å². The molecule has 0 fully saturated rings. The van der Waals surface area contributed by atoms with E-state index in [-0.39, 0.29) is 11.3 Å². The predicted molar refractivity (Wildman–Crippen MR) is 43.9 cm³/mol. The van der Waals surface area contributed by atoms with Gasteiger partial charge in [-0.05, 0) is 6.07 Å². The molecule has 1 aromatic carbocycles. The van der Waals surface area contributed by atoms with Gasteiger partial charge in [0, 0.05) is 5.56 Å². The second kappa shape index (κ2) is 2.63. The molecule has 2 nitrogen and oxygen atoms in total. The second-order valence-corrected chi connectivity index (χ2v) is 3.25. The van der Waals surface area contributed by atoms with E-state index in [1.165, 1.54) is 18.2 Å². The molecule has 2 rings (SSSR count). The van der Waals surface area contributed by atoms with Crippen molar-refractivity contribution in [1.82, 2.24) is 0 Å². The number of alkyl halides is 3. The molecule has 1 aliphatic rings. The Bertz CT molecular complexity index is 363. The summed E-state index contributed by atoms with van der Waals surface area (Å²) in [6, 6.07) is 5.95. The normalized spacial score (nSPS) is 25.7. The van der Waals surface area contributed by atoms with Crippen LogP contribution in [0.1, 0.15) is 5.56 Å². The van der Waals surface area contributed by atoms with Gasteiger partial charge in [0.15, 0.2) is 5.54 Å². The summed E-state index contributed by atoms with van der Waals surface area (Å²) >= 11 is 0. The monoisotopic (exact) mass is 203 g/mol. The summed E-state index contributed by atoms with van der Waals surface area (Å²) in [5.74, 6) is 0.215. The largest absolute Gasteiger partial charge is 0.491 e. The Balaban J connectivity index is 2.53. The van der Waals surface area contributed by atoms with Crippen molar-refractivity contribution in [3.05, 3.63) is 29.8 Å². The zero-order valence-electron chi connectivity index (χ0n) is 7.14. The molecule has 0 aliphatic carbocycles. The van der Waals surface area contributed by atoms with Crippen molar-refractivity contribution in [2.45, 2.75) is 11.7 Å². The van der Waals surface area contributed by atoms with Gasteiger partial charge in [-0.15, -0.1) is 0 Å². The van der Waals surface area contributed by atoms with E-state index in [0.29, 0.717) is 0 Å². The minimum atomic E-state index is -4.49. The molecule has 0 saturated heterocycles. The molecule has 0 saturated carbocycles. The van der Waals surface area contributed by atoms with Crippen LogP contribution in [0.25, 0.3) is 0 Å². The molecule has 0 amide bonds. The first-order valence-electron chi connectivity index (χ1n) is 4.03. The zero-order valence-corrected chi connectivity index (χ0v) is 7.14. The number of hydrogen-bond donors (Lipinski definition) is 1. The third-order valence-electron chi connectivity index (χ3n) is 2.33. The molecule has 76 valence electrons. The fourth-order valence-electron chi connectivity index (χ4n) is 1.46. The van der Waals surface area contributed by atoms with Gasteiger partial charge in [-0.2, -0.15) is 13.2 Å². The number of ether oxygens (including phenoxy) is 1. The van der Waals surface area contributed by atoms with Gasteiger partial charge in [-0.3, -0.25) is 0 Å². The first kappa shape index (κ1) is 9.33. The smallest absolute Gasteiger partial charge is 0.414 e. The summed E-state index contributed by atoms with van der Waals surface area (Å²) in [4.78, 5) is 0. The molecule has 5 heteroatoms. The number of nitrogens with two attached hydrogens (primary N) is 1. The van der Waals surface area contributed by atoms with E-state index in [1.807, 2.05) is 0 Å². The van der Waals surface area contributed by atoms with Gasteiger partial charge in [0.25, 0.3) is 0 Å². The van der Waals surface area contributed by atoms with Crippen LogP contribution in [0, 0.1) is 0 Å². The van der Waals surface area contributed by atoms with Crippen molar-refractivity contribution in [1.29, 1.82) is 0 Å². The zero-order chi connectivity index (χ0) is 10.4. The van der Waals surface area contributed by atoms with Gasteiger partial charge in [0.2, 0.25) is 0 Å². The highest BCUT2D eigenvalue weighted by atomic mass is 19.4. The van der Waals surface area contributed by atoms with Crippen LogP contribution >= 0.6 is 0 Å². The van der Waals surface area contributed by atoms with Crippen molar-refractivity contribution in [3.8, 4) is 5.75 Å². The number of halogens is 3. The fraction of sp³-hybridized carbons (Fsp3) is 0.333. The molecule has 1 unspecified atom stereocenters. The summed E-state index contributed by atoms with van der Waals surface area (Å²) in [7, 11) is 0. The quantitative estimate of drug-likeness (QED) is 0.697. The van der Waals surface area contributed by atoms with E-state index in [4.69, 9.17) is 10.5 Å². The third kappa shape index (κ3) is 1.09. The molecule has 1 atom stereocenters. The molecular weight excluding hydrogens is 195 g/mol. The van der Waals surface area contributed by atoms with Gasteiger partial charge in [-0.1, -0.05) is 18.2 Å². The van der Waals surface area contributed by atoms with E-state index in [9.17, 15) is 13.2 Å². The molecule has 14 heavy (non-hydrogen) atoms. The van der Waals surface area contributed by atoms with E-state index in [0.717, 1.165) is 0 Å². The Labute approximate surface area is 78.5 Å². The SMILES string of the molecule is NC1(C(F)(F)F)COc2ccccc21. The van der Waals surface area contributed by atoms with Gasteiger partial charge in [-0.25, -0.2) is 0 Å². The highest BCUT2D eigenvalue weighted by Gasteiger charge is 2.57. The van der Waals surface area contributed by atoms with Crippen LogP contribution in [0.5, 0.6) is 5.75 Å². The fourth-order valence-corrected chi connectivity index (χ4v) is 1.46. The van der Waals surface area contributed by atoms with Crippen LogP contribution in [0.4, 0.5) is 13.2 Å². The van der Waals surface area contributed by atoms with Crippen LogP contribution in [-0.2, 0) is 5.54 Å². The van der Waals surface area contributed by atoms with E-state index in [2.05, 4.69) is 0 Å². The molecular formula is C9H8F3NO. The van der Waals surface area contributed by atoms with Crippen molar-refractivity contribution in [2.75, 3.05) is 6.61 Å². The minimum absolute atomic E-state index is 0.00694. The van der Waals surface area contributed by atoms with Gasteiger partial charge < -0.3 is 10.5 Å². The second-order valence-electron chi connectivity index (χ2n) is 3.25. The highest BCUT2D eigenvalue weighted by molar-refractivity contribution is 5.43. The van der Waals surface area contributed by atoms with E-state index >= 15 is 0 Å². The Hall–Kier alpha value is -1.23. The van der Waals surface area contributed by atoms with Crippen LogP contribution in [0.2, 0.25) is 0 Å². The van der Waals surface area contributed by atoms with Crippen molar-refractivity contribution in [3.63, 3.8) is 0 Å². The maximum Gasteiger partial charge on any atom is 0.414 e. The first-order chi connectivity index (χ1) is 6.45. The number of para-hydroxylation sites is 1. The summed E-state index contributed by atoms with van der Waals surface area (Å²) in [5.41, 5.74) is 2.95. The lowest BCUT2D eigenvalue weighted by Crippen LogP contribution is -2.51. The Morgan fingerprint density at radius 1 is 1.29 bits per heavy atom. The molecule has 0 spiro atoms. The molecule has 0 aromatic heterocycles. The third-order valence-corrected chi connectivity index (χ3v) is 2.33. The predicted octanol–water partition coefficient (Wildman–Crippen LogP) is 1.80. The van der Waals surface area contributed by atoms with E-state index < -0.39 is 18.3 Å². The Morgan fingerprint density at radius 2 is 1.93 bits per heavy atom. The maximum absolute atomic E-state index is 12.6. The standard InChI is InChI=1S/C9H8F3NO/c10-9(11,12)8(13)5-14-7-4-2-1-3-6(7)8/h1-4H,5,13H2. The van der Waals surface area contributed by atoms with Gasteiger partial charge in [0.1, 0.15) is 12.4 Å². The molecule has 0 radical (unpaired) electrons. The summed E-state index contributed by atoms with van der Waals surface area (Å²) in [6.07, 6.45) is -4.49. The number of fused-ring (bicyclic) bond motifs is 1.